The van der Waals surface area contributed by atoms with Gasteiger partial charge in [0.15, 0.2) is 0 Å². The predicted octanol–water partition coefficient (Wildman–Crippen LogP) is 3.08. The number of nitrogens with one attached hydrogen (secondary N) is 2. The van der Waals surface area contributed by atoms with Gasteiger partial charge in [0.25, 0.3) is 0 Å². The normalized spacial score (nSPS) is 15.7. The van der Waals surface area contributed by atoms with Crippen LogP contribution in [0.15, 0.2) is 30.3 Å². The van der Waals surface area contributed by atoms with Crippen LogP contribution in [0.5, 0.6) is 0 Å². The smallest absolute Gasteiger partial charge is 0.409 e. The van der Waals surface area contributed by atoms with Crippen molar-refractivity contribution in [3.8, 4) is 0 Å². The summed E-state index contributed by atoms with van der Waals surface area (Å²) < 4.78 is 5.39. The molecule has 0 heterocycles. The van der Waals surface area contributed by atoms with Crippen molar-refractivity contribution in [2.24, 2.45) is 5.92 Å². The Bertz CT molecular complexity index is 509. The minimum Gasteiger partial charge on any atom is -0.444 e. The molecule has 24 heavy (non-hydrogen) atoms. The fourth-order valence-corrected chi connectivity index (χ4v) is 2.34. The van der Waals surface area contributed by atoms with E-state index in [4.69, 9.17) is 4.74 Å². The molecule has 1 rings (SSSR count). The largest absolute Gasteiger partial charge is 0.444 e. The third-order valence-electron chi connectivity index (χ3n) is 3.59. The van der Waals surface area contributed by atoms with Crippen molar-refractivity contribution in [2.75, 3.05) is 6.54 Å². The van der Waals surface area contributed by atoms with E-state index in [0.29, 0.717) is 18.9 Å². The van der Waals surface area contributed by atoms with Gasteiger partial charge in [-0.05, 0) is 45.7 Å². The maximum atomic E-state index is 12.3. The summed E-state index contributed by atoms with van der Waals surface area (Å²) in [5.74, 6) is 0.374. The number of amides is 1. The van der Waals surface area contributed by atoms with E-state index in [1.54, 1.807) is 6.92 Å². The Kier molecular flexibility index (Phi) is 7.24. The summed E-state index contributed by atoms with van der Waals surface area (Å²) in [5.41, 5.74) is -0.571. The number of hydrogen-bond donors (Lipinski definition) is 3. The molecule has 0 fully saturated rings. The molecule has 1 aromatic rings. The van der Waals surface area contributed by atoms with Crippen molar-refractivity contribution in [1.82, 2.24) is 10.6 Å². The van der Waals surface area contributed by atoms with E-state index in [9.17, 15) is 9.90 Å². The lowest BCUT2D eigenvalue weighted by Crippen LogP contribution is -2.67. The van der Waals surface area contributed by atoms with Gasteiger partial charge in [-0.25, -0.2) is 4.79 Å². The van der Waals surface area contributed by atoms with Gasteiger partial charge in [0, 0.05) is 6.42 Å². The van der Waals surface area contributed by atoms with Crippen LogP contribution in [0.2, 0.25) is 0 Å². The van der Waals surface area contributed by atoms with Crippen LogP contribution in [0.25, 0.3) is 0 Å². The first kappa shape index (κ1) is 20.5. The first-order valence-corrected chi connectivity index (χ1v) is 8.52. The first-order valence-electron chi connectivity index (χ1n) is 8.52. The second kappa shape index (κ2) is 8.49. The molecule has 0 spiro atoms. The molecule has 0 unspecified atom stereocenters. The van der Waals surface area contributed by atoms with Crippen LogP contribution in [-0.4, -0.2) is 35.1 Å². The summed E-state index contributed by atoms with van der Waals surface area (Å²) in [6, 6.07) is 9.78. The van der Waals surface area contributed by atoms with Crippen LogP contribution in [0, 0.1) is 5.92 Å². The van der Waals surface area contributed by atoms with Crippen molar-refractivity contribution in [3.63, 3.8) is 0 Å². The van der Waals surface area contributed by atoms with E-state index in [1.807, 2.05) is 51.1 Å². The van der Waals surface area contributed by atoms with Crippen LogP contribution in [0.3, 0.4) is 0 Å². The molecular weight excluding hydrogens is 304 g/mol. The summed E-state index contributed by atoms with van der Waals surface area (Å²) in [6.45, 7) is 11.9. The Balaban J connectivity index is 3.04. The van der Waals surface area contributed by atoms with Crippen molar-refractivity contribution in [1.29, 1.82) is 0 Å². The third-order valence-corrected chi connectivity index (χ3v) is 3.59. The summed E-state index contributed by atoms with van der Waals surface area (Å²) in [4.78, 5) is 12.3. The predicted molar refractivity (Wildman–Crippen MR) is 96.8 cm³/mol. The third kappa shape index (κ3) is 6.89. The molecular formula is C19H32N2O3. The fourth-order valence-electron chi connectivity index (χ4n) is 2.34. The molecule has 0 saturated heterocycles. The summed E-state index contributed by atoms with van der Waals surface area (Å²) >= 11 is 0. The van der Waals surface area contributed by atoms with Gasteiger partial charge < -0.3 is 15.2 Å². The van der Waals surface area contributed by atoms with Crippen LogP contribution in [0.4, 0.5) is 4.79 Å². The molecule has 0 radical (unpaired) electrons. The highest BCUT2D eigenvalue weighted by molar-refractivity contribution is 5.69. The minimum atomic E-state index is -0.992. The Morgan fingerprint density at radius 1 is 1.17 bits per heavy atom. The van der Waals surface area contributed by atoms with E-state index >= 15 is 0 Å². The molecule has 0 bridgehead atoms. The molecule has 3 N–H and O–H groups in total. The van der Waals surface area contributed by atoms with Gasteiger partial charge in [0.1, 0.15) is 11.3 Å². The Hall–Kier alpha value is -1.59. The number of carbonyl (C=O) groups excluding carboxylic acids is 1. The maximum Gasteiger partial charge on any atom is 0.409 e. The zero-order chi connectivity index (χ0) is 18.4. The molecule has 2 atom stereocenters. The number of aliphatic hydroxyl groups excluding tert-OH is 1. The van der Waals surface area contributed by atoms with E-state index in [1.165, 1.54) is 0 Å². The van der Waals surface area contributed by atoms with Crippen LogP contribution >= 0.6 is 0 Å². The first-order chi connectivity index (χ1) is 11.0. The molecule has 1 aromatic carbocycles. The topological polar surface area (TPSA) is 70.6 Å². The highest BCUT2D eigenvalue weighted by Crippen LogP contribution is 2.18. The molecule has 5 nitrogen and oxygen atoms in total. The molecule has 1 amide bonds. The van der Waals surface area contributed by atoms with Crippen LogP contribution in [-0.2, 0) is 11.2 Å². The summed E-state index contributed by atoms with van der Waals surface area (Å²) in [7, 11) is 0. The van der Waals surface area contributed by atoms with Crippen molar-refractivity contribution < 1.29 is 14.6 Å². The quantitative estimate of drug-likeness (QED) is 0.669. The van der Waals surface area contributed by atoms with Crippen LogP contribution < -0.4 is 10.6 Å². The van der Waals surface area contributed by atoms with E-state index < -0.39 is 23.5 Å². The van der Waals surface area contributed by atoms with E-state index in [0.717, 1.165) is 5.56 Å². The number of hydrogen-bond acceptors (Lipinski definition) is 4. The van der Waals surface area contributed by atoms with Gasteiger partial charge in [0.05, 0.1) is 6.10 Å². The number of carbonyl (C=O) groups is 1. The van der Waals surface area contributed by atoms with Crippen molar-refractivity contribution >= 4 is 6.09 Å². The molecule has 0 aromatic heterocycles. The summed E-state index contributed by atoms with van der Waals surface area (Å²) in [5, 5.41) is 16.7. The van der Waals surface area contributed by atoms with Gasteiger partial charge >= 0.3 is 6.09 Å². The van der Waals surface area contributed by atoms with E-state index in [2.05, 4.69) is 24.5 Å². The second-order valence-corrected chi connectivity index (χ2v) is 7.71. The van der Waals surface area contributed by atoms with Gasteiger partial charge in [-0.15, -0.1) is 0 Å². The Labute approximate surface area is 145 Å². The standard InChI is InChI=1S/C19H32N2O3/c1-14(2)13-20-19(15(3)22,12-16-10-8-7-9-11-16)21-17(23)24-18(4,5)6/h7-11,14-15,20,22H,12-13H2,1-6H3,(H,21,23)/t15-,19+/m1/s1. The van der Waals surface area contributed by atoms with Gasteiger partial charge in [-0.1, -0.05) is 44.2 Å². The molecule has 5 heteroatoms. The van der Waals surface area contributed by atoms with Gasteiger partial charge in [-0.3, -0.25) is 5.32 Å². The molecule has 136 valence electrons. The minimum absolute atomic E-state index is 0.374. The SMILES string of the molecule is CC(C)CN[C@@](Cc1ccccc1)(NC(=O)OC(C)(C)C)[C@@H](C)O. The molecule has 0 aliphatic heterocycles. The zero-order valence-electron chi connectivity index (χ0n) is 15.7. The lowest BCUT2D eigenvalue weighted by atomic mass is 9.94. The zero-order valence-corrected chi connectivity index (χ0v) is 15.7. The fraction of sp³-hybridized carbons (Fsp3) is 0.632. The average Bonchev–Trinajstić information content (AvgIpc) is 2.43. The number of ether oxygens (including phenoxy) is 1. The second-order valence-electron chi connectivity index (χ2n) is 7.71. The lowest BCUT2D eigenvalue weighted by Gasteiger charge is -2.39. The number of aliphatic hydroxyl groups is 1. The highest BCUT2D eigenvalue weighted by atomic mass is 16.6. The highest BCUT2D eigenvalue weighted by Gasteiger charge is 2.38. The Morgan fingerprint density at radius 3 is 2.21 bits per heavy atom. The maximum absolute atomic E-state index is 12.3. The molecule has 0 aliphatic rings. The van der Waals surface area contributed by atoms with Gasteiger partial charge in [0.2, 0.25) is 0 Å². The Morgan fingerprint density at radius 2 is 1.75 bits per heavy atom. The average molecular weight is 336 g/mol. The monoisotopic (exact) mass is 336 g/mol. The molecule has 0 saturated carbocycles. The van der Waals surface area contributed by atoms with Crippen LogP contribution in [0.1, 0.15) is 47.1 Å². The van der Waals surface area contributed by atoms with Gasteiger partial charge in [-0.2, -0.15) is 0 Å². The number of alkyl carbamates (subject to hydrolysis) is 1. The summed E-state index contributed by atoms with van der Waals surface area (Å²) in [6.07, 6.45) is -0.892. The number of rotatable bonds is 7. The van der Waals surface area contributed by atoms with E-state index in [-0.39, 0.29) is 0 Å². The lowest BCUT2D eigenvalue weighted by molar-refractivity contribution is 0.0138. The van der Waals surface area contributed by atoms with Crippen molar-refractivity contribution in [2.45, 2.75) is 65.3 Å². The number of benzene rings is 1. The molecule has 0 aliphatic carbocycles. The van der Waals surface area contributed by atoms with Crippen molar-refractivity contribution in [3.05, 3.63) is 35.9 Å².